The van der Waals surface area contributed by atoms with Gasteiger partial charge in [-0.25, -0.2) is 4.98 Å². The molecule has 0 amide bonds. The molecule has 0 radical (unpaired) electrons. The van der Waals surface area contributed by atoms with Gasteiger partial charge < -0.3 is 9.30 Å². The summed E-state index contributed by atoms with van der Waals surface area (Å²) in [7, 11) is 0. The maximum atomic E-state index is 6.07. The van der Waals surface area contributed by atoms with Crippen LogP contribution in [0.4, 0.5) is 0 Å². The van der Waals surface area contributed by atoms with E-state index in [1.165, 1.54) is 0 Å². The van der Waals surface area contributed by atoms with Crippen molar-refractivity contribution in [2.24, 2.45) is 5.92 Å². The number of nitrogens with zero attached hydrogens (tertiary/aromatic N) is 2. The summed E-state index contributed by atoms with van der Waals surface area (Å²) in [6, 6.07) is 6.18. The molecule has 108 valence electrons. The number of ether oxygens (including phenoxy) is 1. The van der Waals surface area contributed by atoms with Gasteiger partial charge in [-0.15, -0.1) is 11.6 Å². The molecule has 3 nitrogen and oxygen atoms in total. The Morgan fingerprint density at radius 2 is 2.35 bits per heavy atom. The van der Waals surface area contributed by atoms with Crippen LogP contribution < -0.4 is 0 Å². The van der Waals surface area contributed by atoms with Crippen LogP contribution in [0, 0.1) is 5.92 Å². The molecule has 5 heteroatoms. The van der Waals surface area contributed by atoms with E-state index >= 15 is 0 Å². The first kappa shape index (κ1) is 14.4. The quantitative estimate of drug-likeness (QED) is 0.761. The number of hydrogen-bond donors (Lipinski definition) is 0. The molecule has 1 aromatic heterocycles. The normalized spacial score (nSPS) is 22.8. The van der Waals surface area contributed by atoms with Gasteiger partial charge in [0, 0.05) is 23.5 Å². The minimum absolute atomic E-state index is 0.364. The molecule has 1 saturated heterocycles. The molecule has 2 aromatic rings. The molecule has 0 saturated carbocycles. The Bertz CT molecular complexity index is 613. The lowest BCUT2D eigenvalue weighted by Crippen LogP contribution is -2.21. The molecule has 0 aliphatic carbocycles. The van der Waals surface area contributed by atoms with Crippen molar-refractivity contribution in [3.63, 3.8) is 0 Å². The Labute approximate surface area is 132 Å². The van der Waals surface area contributed by atoms with Gasteiger partial charge >= 0.3 is 0 Å². The number of hydrogen-bond acceptors (Lipinski definition) is 2. The van der Waals surface area contributed by atoms with E-state index in [2.05, 4.69) is 38.5 Å². The van der Waals surface area contributed by atoms with Crippen LogP contribution >= 0.6 is 27.5 Å². The van der Waals surface area contributed by atoms with Gasteiger partial charge in [-0.05, 0) is 31.0 Å². The van der Waals surface area contributed by atoms with E-state index in [1.54, 1.807) is 0 Å². The molecule has 2 unspecified atom stereocenters. The van der Waals surface area contributed by atoms with Crippen molar-refractivity contribution >= 4 is 38.6 Å². The van der Waals surface area contributed by atoms with E-state index in [0.717, 1.165) is 47.3 Å². The van der Waals surface area contributed by atoms with Gasteiger partial charge in [0.05, 0.1) is 23.0 Å². The summed E-state index contributed by atoms with van der Waals surface area (Å²) < 4.78 is 9.13. The maximum Gasteiger partial charge on any atom is 0.124 e. The molecule has 2 heterocycles. The van der Waals surface area contributed by atoms with Crippen molar-refractivity contribution in [3.05, 3.63) is 28.5 Å². The Hall–Kier alpha value is -0.580. The second-order valence-corrected chi connectivity index (χ2v) is 6.45. The van der Waals surface area contributed by atoms with Crippen LogP contribution in [0.25, 0.3) is 11.0 Å². The summed E-state index contributed by atoms with van der Waals surface area (Å²) in [6.07, 6.45) is 2.55. The Balaban J connectivity index is 1.98. The van der Waals surface area contributed by atoms with E-state index in [9.17, 15) is 0 Å². The molecule has 1 fully saturated rings. The molecular formula is C15H18BrClN2O. The molecule has 20 heavy (non-hydrogen) atoms. The minimum Gasteiger partial charge on any atom is -0.378 e. The maximum absolute atomic E-state index is 6.07. The molecule has 1 aliphatic rings. The molecule has 3 rings (SSSR count). The SMILES string of the molecule is CCC1OCCC1Cn1c(CCl)nc2ccc(Br)cc21. The highest BCUT2D eigenvalue weighted by Crippen LogP contribution is 2.29. The Morgan fingerprint density at radius 1 is 1.50 bits per heavy atom. The molecule has 0 bridgehead atoms. The Morgan fingerprint density at radius 3 is 3.10 bits per heavy atom. The zero-order chi connectivity index (χ0) is 14.1. The summed E-state index contributed by atoms with van der Waals surface area (Å²) >= 11 is 9.61. The molecule has 2 atom stereocenters. The van der Waals surface area contributed by atoms with E-state index < -0.39 is 0 Å². The highest BCUT2D eigenvalue weighted by molar-refractivity contribution is 9.10. The fourth-order valence-electron chi connectivity index (χ4n) is 3.04. The predicted molar refractivity (Wildman–Crippen MR) is 85.1 cm³/mol. The summed E-state index contributed by atoms with van der Waals surface area (Å²) in [5, 5.41) is 0. The van der Waals surface area contributed by atoms with Crippen LogP contribution in [-0.4, -0.2) is 22.3 Å². The third-order valence-electron chi connectivity index (χ3n) is 4.07. The summed E-state index contributed by atoms with van der Waals surface area (Å²) in [6.45, 7) is 4.00. The number of imidazole rings is 1. The highest BCUT2D eigenvalue weighted by Gasteiger charge is 2.28. The van der Waals surface area contributed by atoms with Crippen molar-refractivity contribution in [2.75, 3.05) is 6.61 Å². The fourth-order valence-corrected chi connectivity index (χ4v) is 3.59. The van der Waals surface area contributed by atoms with Crippen LogP contribution in [0.2, 0.25) is 0 Å². The molecule has 0 spiro atoms. The summed E-state index contributed by atoms with van der Waals surface area (Å²) in [5.74, 6) is 1.94. The zero-order valence-electron chi connectivity index (χ0n) is 11.5. The van der Waals surface area contributed by atoms with Gasteiger partial charge in [0.15, 0.2) is 0 Å². The van der Waals surface area contributed by atoms with E-state index in [0.29, 0.717) is 17.9 Å². The number of rotatable bonds is 4. The number of halogens is 2. The highest BCUT2D eigenvalue weighted by atomic mass is 79.9. The lowest BCUT2D eigenvalue weighted by molar-refractivity contribution is 0.0836. The third-order valence-corrected chi connectivity index (χ3v) is 4.81. The van der Waals surface area contributed by atoms with Gasteiger partial charge in [0.2, 0.25) is 0 Å². The second kappa shape index (κ2) is 6.04. The van der Waals surface area contributed by atoms with Crippen molar-refractivity contribution in [1.29, 1.82) is 0 Å². The van der Waals surface area contributed by atoms with Gasteiger partial charge in [0.25, 0.3) is 0 Å². The van der Waals surface area contributed by atoms with E-state index in [4.69, 9.17) is 16.3 Å². The molecule has 0 N–H and O–H groups in total. The van der Waals surface area contributed by atoms with Crippen molar-refractivity contribution < 1.29 is 4.74 Å². The summed E-state index contributed by atoms with van der Waals surface area (Å²) in [4.78, 5) is 4.63. The molecule has 1 aliphatic heterocycles. The minimum atomic E-state index is 0.364. The number of fused-ring (bicyclic) bond motifs is 1. The number of alkyl halides is 1. The monoisotopic (exact) mass is 356 g/mol. The lowest BCUT2D eigenvalue weighted by atomic mass is 9.99. The average molecular weight is 358 g/mol. The first-order valence-electron chi connectivity index (χ1n) is 7.05. The van der Waals surface area contributed by atoms with Gasteiger partial charge in [-0.3, -0.25) is 0 Å². The number of aromatic nitrogens is 2. The van der Waals surface area contributed by atoms with Crippen LogP contribution in [0.3, 0.4) is 0 Å². The van der Waals surface area contributed by atoms with Crippen molar-refractivity contribution in [1.82, 2.24) is 9.55 Å². The molecular weight excluding hydrogens is 340 g/mol. The van der Waals surface area contributed by atoms with E-state index in [-0.39, 0.29) is 0 Å². The summed E-state index contributed by atoms with van der Waals surface area (Å²) in [5.41, 5.74) is 2.16. The second-order valence-electron chi connectivity index (χ2n) is 5.27. The lowest BCUT2D eigenvalue weighted by Gasteiger charge is -2.19. The van der Waals surface area contributed by atoms with E-state index in [1.807, 2.05) is 12.1 Å². The zero-order valence-corrected chi connectivity index (χ0v) is 13.8. The van der Waals surface area contributed by atoms with Crippen molar-refractivity contribution in [2.45, 2.75) is 38.3 Å². The average Bonchev–Trinajstić information content (AvgIpc) is 3.04. The van der Waals surface area contributed by atoms with Crippen LogP contribution in [-0.2, 0) is 17.2 Å². The van der Waals surface area contributed by atoms with Crippen LogP contribution in [0.15, 0.2) is 22.7 Å². The molecule has 1 aromatic carbocycles. The number of benzene rings is 1. The Kier molecular flexibility index (Phi) is 4.34. The topological polar surface area (TPSA) is 27.1 Å². The van der Waals surface area contributed by atoms with Gasteiger partial charge in [-0.1, -0.05) is 22.9 Å². The predicted octanol–water partition coefficient (Wildman–Crippen LogP) is 4.35. The standard InChI is InChI=1S/C15H18BrClN2O/c1-2-14-10(5-6-20-14)9-19-13-7-11(16)3-4-12(13)18-15(19)8-17/h3-4,7,10,14H,2,5-6,8-9H2,1H3. The van der Waals surface area contributed by atoms with Gasteiger partial charge in [0.1, 0.15) is 5.82 Å². The van der Waals surface area contributed by atoms with Gasteiger partial charge in [-0.2, -0.15) is 0 Å². The van der Waals surface area contributed by atoms with Crippen LogP contribution in [0.1, 0.15) is 25.6 Å². The largest absolute Gasteiger partial charge is 0.378 e. The third kappa shape index (κ3) is 2.61. The smallest absolute Gasteiger partial charge is 0.124 e. The first-order chi connectivity index (χ1) is 9.72. The van der Waals surface area contributed by atoms with Crippen LogP contribution in [0.5, 0.6) is 0 Å². The fraction of sp³-hybridized carbons (Fsp3) is 0.533. The van der Waals surface area contributed by atoms with Crippen molar-refractivity contribution in [3.8, 4) is 0 Å². The first-order valence-corrected chi connectivity index (χ1v) is 8.38.